The van der Waals surface area contributed by atoms with Gasteiger partial charge in [-0.2, -0.15) is 0 Å². The molecule has 1 saturated carbocycles. The molecule has 1 saturated heterocycles. The molecule has 1 atom stereocenters. The second-order valence-electron chi connectivity index (χ2n) is 7.60. The Hall–Kier alpha value is -1.43. The molecule has 1 aliphatic carbocycles. The molecule has 2 fully saturated rings. The third-order valence-corrected chi connectivity index (χ3v) is 5.71. The average Bonchev–Trinajstić information content (AvgIpc) is 2.88. The number of imidazole rings is 1. The van der Waals surface area contributed by atoms with Crippen molar-refractivity contribution < 1.29 is 9.84 Å². The van der Waals surface area contributed by atoms with Gasteiger partial charge >= 0.3 is 0 Å². The first-order valence-corrected chi connectivity index (χ1v) is 9.01. The van der Waals surface area contributed by atoms with Crippen LogP contribution in [-0.4, -0.2) is 57.5 Å². The zero-order valence-corrected chi connectivity index (χ0v) is 14.7. The van der Waals surface area contributed by atoms with Gasteiger partial charge in [-0.3, -0.25) is 4.90 Å². The van der Waals surface area contributed by atoms with Crippen LogP contribution in [0.25, 0.3) is 11.0 Å². The fourth-order valence-corrected chi connectivity index (χ4v) is 3.99. The zero-order chi connectivity index (χ0) is 16.7. The quantitative estimate of drug-likeness (QED) is 0.935. The Labute approximate surface area is 143 Å². The summed E-state index contributed by atoms with van der Waals surface area (Å²) in [5, 5.41) is 10.6. The summed E-state index contributed by atoms with van der Waals surface area (Å²) in [4.78, 5) is 6.85. The Kier molecular flexibility index (Phi) is 4.11. The number of aromatic nitrogens is 2. The van der Waals surface area contributed by atoms with Crippen LogP contribution in [0.15, 0.2) is 18.5 Å². The minimum atomic E-state index is -0.390. The van der Waals surface area contributed by atoms with E-state index in [0.717, 1.165) is 30.7 Å². The number of aliphatic hydroxyl groups is 1. The number of aliphatic hydroxyl groups excluding tert-OH is 1. The number of rotatable bonds is 4. The van der Waals surface area contributed by atoms with E-state index in [2.05, 4.69) is 40.4 Å². The van der Waals surface area contributed by atoms with Gasteiger partial charge in [0.2, 0.25) is 0 Å². The van der Waals surface area contributed by atoms with Gasteiger partial charge in [0.05, 0.1) is 42.2 Å². The van der Waals surface area contributed by atoms with E-state index in [-0.39, 0.29) is 11.7 Å². The van der Waals surface area contributed by atoms with Crippen LogP contribution in [0.3, 0.4) is 0 Å². The summed E-state index contributed by atoms with van der Waals surface area (Å²) in [6.45, 7) is 8.19. The maximum atomic E-state index is 10.6. The molecule has 2 heterocycles. The first kappa shape index (κ1) is 16.1. The number of morpholine rings is 1. The van der Waals surface area contributed by atoms with Gasteiger partial charge in [-0.25, -0.2) is 4.98 Å². The summed E-state index contributed by atoms with van der Waals surface area (Å²) in [5.74, 6) is 0. The molecule has 0 amide bonds. The van der Waals surface area contributed by atoms with Crippen LogP contribution in [0.5, 0.6) is 0 Å². The molecule has 1 spiro atoms. The first-order valence-electron chi connectivity index (χ1n) is 9.01. The van der Waals surface area contributed by atoms with Gasteiger partial charge < -0.3 is 14.4 Å². The Morgan fingerprint density at radius 2 is 2.04 bits per heavy atom. The molecule has 5 nitrogen and oxygen atoms in total. The van der Waals surface area contributed by atoms with Crippen molar-refractivity contribution in [1.82, 2.24) is 14.5 Å². The van der Waals surface area contributed by atoms with E-state index in [1.165, 1.54) is 30.4 Å². The summed E-state index contributed by atoms with van der Waals surface area (Å²) in [6.07, 6.45) is 5.07. The van der Waals surface area contributed by atoms with Crippen molar-refractivity contribution in [2.75, 3.05) is 26.2 Å². The third kappa shape index (κ3) is 2.96. The predicted octanol–water partition coefficient (Wildman–Crippen LogP) is 2.27. The monoisotopic (exact) mass is 329 g/mol. The van der Waals surface area contributed by atoms with Crippen molar-refractivity contribution in [3.8, 4) is 0 Å². The van der Waals surface area contributed by atoms with Gasteiger partial charge in [-0.1, -0.05) is 0 Å². The highest BCUT2D eigenvalue weighted by molar-refractivity contribution is 5.77. The SMILES string of the molecule is Cc1cc2ncn(CC(O)CN3CCOC4(CCC4)C3)c2cc1C. The molecule has 1 aromatic carbocycles. The van der Waals surface area contributed by atoms with Gasteiger partial charge in [0.1, 0.15) is 0 Å². The van der Waals surface area contributed by atoms with Gasteiger partial charge in [-0.15, -0.1) is 0 Å². The lowest BCUT2D eigenvalue weighted by molar-refractivity contribution is -0.155. The Bertz CT molecular complexity index is 736. The highest BCUT2D eigenvalue weighted by Crippen LogP contribution is 2.38. The van der Waals surface area contributed by atoms with Gasteiger partial charge in [0.15, 0.2) is 0 Å². The maximum Gasteiger partial charge on any atom is 0.0959 e. The first-order chi connectivity index (χ1) is 11.5. The average molecular weight is 329 g/mol. The number of fused-ring (bicyclic) bond motifs is 1. The molecule has 4 rings (SSSR count). The molecule has 24 heavy (non-hydrogen) atoms. The lowest BCUT2D eigenvalue weighted by Crippen LogP contribution is -2.56. The van der Waals surface area contributed by atoms with Gasteiger partial charge in [0, 0.05) is 19.6 Å². The highest BCUT2D eigenvalue weighted by Gasteiger charge is 2.42. The topological polar surface area (TPSA) is 50.5 Å². The Morgan fingerprint density at radius 3 is 2.79 bits per heavy atom. The van der Waals surface area contributed by atoms with Gasteiger partial charge in [0.25, 0.3) is 0 Å². The van der Waals surface area contributed by atoms with E-state index >= 15 is 0 Å². The second kappa shape index (κ2) is 6.14. The molecule has 1 unspecified atom stereocenters. The lowest BCUT2D eigenvalue weighted by atomic mass is 9.79. The zero-order valence-electron chi connectivity index (χ0n) is 14.7. The minimum absolute atomic E-state index is 0.0916. The smallest absolute Gasteiger partial charge is 0.0959 e. The molecule has 130 valence electrons. The standard InChI is InChI=1S/C19H27N3O2/c1-14-8-17-18(9-15(14)2)22(13-20-17)11-16(23)10-21-6-7-24-19(12-21)4-3-5-19/h8-9,13,16,23H,3-7,10-12H2,1-2H3. The molecule has 1 aliphatic heterocycles. The number of aryl methyl sites for hydroxylation is 2. The number of hydrogen-bond donors (Lipinski definition) is 1. The molecule has 0 radical (unpaired) electrons. The van der Waals surface area contributed by atoms with E-state index in [1.54, 1.807) is 0 Å². The number of β-amino-alcohol motifs (C(OH)–C–C–N with tert-alkyl or cyclic N) is 1. The predicted molar refractivity (Wildman–Crippen MR) is 94.2 cm³/mol. The molecule has 0 bridgehead atoms. The van der Waals surface area contributed by atoms with Crippen molar-refractivity contribution in [3.63, 3.8) is 0 Å². The fourth-order valence-electron chi connectivity index (χ4n) is 3.99. The number of ether oxygens (including phenoxy) is 1. The molecular weight excluding hydrogens is 302 g/mol. The van der Waals surface area contributed by atoms with E-state index < -0.39 is 0 Å². The lowest BCUT2D eigenvalue weighted by Gasteiger charge is -2.48. The van der Waals surface area contributed by atoms with Crippen molar-refractivity contribution in [2.45, 2.75) is 51.4 Å². The van der Waals surface area contributed by atoms with Crippen LogP contribution in [0.2, 0.25) is 0 Å². The van der Waals surface area contributed by atoms with Crippen molar-refractivity contribution in [3.05, 3.63) is 29.6 Å². The number of hydrogen-bond acceptors (Lipinski definition) is 4. The van der Waals surface area contributed by atoms with Crippen molar-refractivity contribution in [2.24, 2.45) is 0 Å². The number of benzene rings is 1. The van der Waals surface area contributed by atoms with Crippen LogP contribution in [0, 0.1) is 13.8 Å². The van der Waals surface area contributed by atoms with Crippen LogP contribution in [0.1, 0.15) is 30.4 Å². The van der Waals surface area contributed by atoms with Crippen LogP contribution in [0.4, 0.5) is 0 Å². The summed E-state index contributed by atoms with van der Waals surface area (Å²) in [5.41, 5.74) is 4.72. The van der Waals surface area contributed by atoms with Crippen LogP contribution >= 0.6 is 0 Å². The molecule has 2 aromatic rings. The van der Waals surface area contributed by atoms with E-state index in [4.69, 9.17) is 4.74 Å². The molecule has 2 aliphatic rings. The minimum Gasteiger partial charge on any atom is -0.390 e. The normalized spacial score (nSPS) is 22.0. The second-order valence-corrected chi connectivity index (χ2v) is 7.60. The Balaban J connectivity index is 1.42. The van der Waals surface area contributed by atoms with Gasteiger partial charge in [-0.05, 0) is 56.4 Å². The van der Waals surface area contributed by atoms with E-state index in [9.17, 15) is 5.11 Å². The van der Waals surface area contributed by atoms with E-state index in [0.29, 0.717) is 13.1 Å². The highest BCUT2D eigenvalue weighted by atomic mass is 16.5. The summed E-state index contributed by atoms with van der Waals surface area (Å²) >= 11 is 0. The fraction of sp³-hybridized carbons (Fsp3) is 0.632. The summed E-state index contributed by atoms with van der Waals surface area (Å²) in [6, 6.07) is 4.29. The van der Waals surface area contributed by atoms with Crippen molar-refractivity contribution in [1.29, 1.82) is 0 Å². The number of nitrogens with zero attached hydrogens (tertiary/aromatic N) is 3. The van der Waals surface area contributed by atoms with E-state index in [1.807, 2.05) is 6.33 Å². The molecule has 5 heteroatoms. The van der Waals surface area contributed by atoms with Crippen molar-refractivity contribution >= 4 is 11.0 Å². The maximum absolute atomic E-state index is 10.6. The molecular formula is C19H27N3O2. The molecule has 1 aromatic heterocycles. The van der Waals surface area contributed by atoms with Crippen LogP contribution < -0.4 is 0 Å². The largest absolute Gasteiger partial charge is 0.390 e. The summed E-state index contributed by atoms with van der Waals surface area (Å²) < 4.78 is 8.04. The third-order valence-electron chi connectivity index (χ3n) is 5.71. The van der Waals surface area contributed by atoms with Crippen LogP contribution in [-0.2, 0) is 11.3 Å². The molecule has 1 N–H and O–H groups in total. The summed E-state index contributed by atoms with van der Waals surface area (Å²) in [7, 11) is 0. The Morgan fingerprint density at radius 1 is 1.25 bits per heavy atom.